The van der Waals surface area contributed by atoms with Crippen LogP contribution in [0.1, 0.15) is 31.9 Å². The molecule has 0 aliphatic carbocycles. The summed E-state index contributed by atoms with van der Waals surface area (Å²) in [6.45, 7) is 4.99. The van der Waals surface area contributed by atoms with Gasteiger partial charge in [-0.05, 0) is 13.8 Å². The van der Waals surface area contributed by atoms with Crippen molar-refractivity contribution < 1.29 is 0 Å². The molecule has 1 unspecified atom stereocenters. The van der Waals surface area contributed by atoms with Crippen molar-refractivity contribution in [2.45, 2.75) is 26.1 Å². The lowest BCUT2D eigenvalue weighted by molar-refractivity contribution is 0.507. The summed E-state index contributed by atoms with van der Waals surface area (Å²) in [6, 6.07) is 0.350. The molecule has 0 saturated heterocycles. The molecule has 0 radical (unpaired) electrons. The largest absolute Gasteiger partial charge is 0.328 e. The molecule has 5 heteroatoms. The van der Waals surface area contributed by atoms with Crippen LogP contribution in [0.15, 0.2) is 11.2 Å². The second-order valence-corrected chi connectivity index (χ2v) is 3.95. The van der Waals surface area contributed by atoms with Gasteiger partial charge in [0, 0.05) is 25.0 Å². The zero-order valence-corrected chi connectivity index (χ0v) is 8.99. The molecule has 1 N–H and O–H groups in total. The normalized spacial score (nSPS) is 21.0. The van der Waals surface area contributed by atoms with E-state index in [0.29, 0.717) is 11.2 Å². The van der Waals surface area contributed by atoms with Crippen LogP contribution in [0.4, 0.5) is 0 Å². The van der Waals surface area contributed by atoms with Gasteiger partial charge in [-0.25, -0.2) is 4.98 Å². The Morgan fingerprint density at radius 2 is 2.43 bits per heavy atom. The van der Waals surface area contributed by atoms with Gasteiger partial charge in [0.1, 0.15) is 5.15 Å². The maximum atomic E-state index is 5.88. The van der Waals surface area contributed by atoms with Crippen LogP contribution in [0.2, 0.25) is 5.15 Å². The first-order valence-electron chi connectivity index (χ1n) is 4.68. The first kappa shape index (κ1) is 9.68. The van der Waals surface area contributed by atoms with Crippen molar-refractivity contribution in [1.82, 2.24) is 14.9 Å². The molecule has 2 rings (SSSR count). The lowest BCUT2D eigenvalue weighted by atomic mass is 10.3. The van der Waals surface area contributed by atoms with Gasteiger partial charge in [0.15, 0.2) is 12.0 Å². The first-order valence-corrected chi connectivity index (χ1v) is 5.05. The Morgan fingerprint density at radius 3 is 3.00 bits per heavy atom. The minimum Gasteiger partial charge on any atom is -0.328 e. The Labute approximate surface area is 88.0 Å². The Hall–Kier alpha value is -0.870. The highest BCUT2D eigenvalue weighted by atomic mass is 35.5. The van der Waals surface area contributed by atoms with Gasteiger partial charge in [-0.2, -0.15) is 0 Å². The van der Waals surface area contributed by atoms with Crippen molar-refractivity contribution in [3.05, 3.63) is 17.2 Å². The third-order valence-corrected chi connectivity index (χ3v) is 2.37. The van der Waals surface area contributed by atoms with Crippen LogP contribution in [-0.4, -0.2) is 22.3 Å². The van der Waals surface area contributed by atoms with Crippen molar-refractivity contribution in [2.24, 2.45) is 4.99 Å². The molecule has 76 valence electrons. The summed E-state index contributed by atoms with van der Waals surface area (Å²) in [6.07, 6.45) is 3.67. The summed E-state index contributed by atoms with van der Waals surface area (Å²) in [5.41, 5.74) is 0. The molecule has 0 saturated carbocycles. The molecule has 14 heavy (non-hydrogen) atoms. The number of nitrogens with one attached hydrogen (secondary N) is 1. The molecule has 0 amide bonds. The van der Waals surface area contributed by atoms with Crippen LogP contribution in [0.3, 0.4) is 0 Å². The average Bonchev–Trinajstić information content (AvgIpc) is 2.70. The number of aliphatic imine (C=N–C) groups is 1. The molecule has 0 bridgehead atoms. The molecular formula is C9H13ClN4. The van der Waals surface area contributed by atoms with E-state index in [1.54, 1.807) is 0 Å². The third kappa shape index (κ3) is 1.67. The van der Waals surface area contributed by atoms with Gasteiger partial charge < -0.3 is 4.57 Å². The number of imidazole rings is 1. The molecule has 1 aromatic rings. The van der Waals surface area contributed by atoms with Crippen LogP contribution < -0.4 is 5.32 Å². The molecule has 1 aliphatic heterocycles. The van der Waals surface area contributed by atoms with E-state index in [9.17, 15) is 0 Å². The highest BCUT2D eigenvalue weighted by Crippen LogP contribution is 2.22. The lowest BCUT2D eigenvalue weighted by Gasteiger charge is -2.14. The highest BCUT2D eigenvalue weighted by Gasteiger charge is 2.20. The molecule has 1 atom stereocenters. The van der Waals surface area contributed by atoms with Gasteiger partial charge in [-0.15, -0.1) is 0 Å². The summed E-state index contributed by atoms with van der Waals surface area (Å²) in [5.74, 6) is 0.888. The van der Waals surface area contributed by atoms with Gasteiger partial charge in [0.05, 0.1) is 0 Å². The molecule has 0 fully saturated rings. The molecular weight excluding hydrogens is 200 g/mol. The Bertz CT molecular complexity index is 356. The second kappa shape index (κ2) is 3.71. The molecule has 4 nitrogen and oxygen atoms in total. The minimum absolute atomic E-state index is 0.0371. The van der Waals surface area contributed by atoms with Crippen LogP contribution in [-0.2, 0) is 0 Å². The SMILES string of the molecule is CC(C)n1cc(Cl)nc1C1N=CCN1. The third-order valence-electron chi connectivity index (χ3n) is 2.19. The predicted molar refractivity (Wildman–Crippen MR) is 56.9 cm³/mol. The van der Waals surface area contributed by atoms with Crippen molar-refractivity contribution >= 4 is 17.8 Å². The number of aromatic nitrogens is 2. The van der Waals surface area contributed by atoms with Crippen LogP contribution in [0.25, 0.3) is 0 Å². The van der Waals surface area contributed by atoms with Crippen molar-refractivity contribution in [3.8, 4) is 0 Å². The van der Waals surface area contributed by atoms with Crippen molar-refractivity contribution in [2.75, 3.05) is 6.54 Å². The molecule has 2 heterocycles. The summed E-state index contributed by atoms with van der Waals surface area (Å²) >= 11 is 5.88. The van der Waals surface area contributed by atoms with Crippen molar-refractivity contribution in [3.63, 3.8) is 0 Å². The number of rotatable bonds is 2. The summed E-state index contributed by atoms with van der Waals surface area (Å²) in [5, 5.41) is 3.74. The van der Waals surface area contributed by atoms with E-state index >= 15 is 0 Å². The Morgan fingerprint density at radius 1 is 1.64 bits per heavy atom. The number of halogens is 1. The fourth-order valence-corrected chi connectivity index (χ4v) is 1.72. The van der Waals surface area contributed by atoms with Gasteiger partial charge in [0.2, 0.25) is 0 Å². The topological polar surface area (TPSA) is 42.2 Å². The molecule has 1 aromatic heterocycles. The number of nitrogens with zero attached hydrogens (tertiary/aromatic N) is 3. The lowest BCUT2D eigenvalue weighted by Crippen LogP contribution is -2.19. The van der Waals surface area contributed by atoms with Gasteiger partial charge in [-0.1, -0.05) is 11.6 Å². The zero-order chi connectivity index (χ0) is 10.1. The zero-order valence-electron chi connectivity index (χ0n) is 8.24. The summed E-state index contributed by atoms with van der Waals surface area (Å²) in [7, 11) is 0. The second-order valence-electron chi connectivity index (χ2n) is 3.57. The van der Waals surface area contributed by atoms with Gasteiger partial charge in [-0.3, -0.25) is 10.3 Å². The Kier molecular flexibility index (Phi) is 2.56. The van der Waals surface area contributed by atoms with Gasteiger partial charge in [0.25, 0.3) is 0 Å². The van der Waals surface area contributed by atoms with Crippen LogP contribution in [0.5, 0.6) is 0 Å². The van der Waals surface area contributed by atoms with E-state index in [0.717, 1.165) is 12.4 Å². The maximum Gasteiger partial charge on any atom is 0.158 e. The smallest absolute Gasteiger partial charge is 0.158 e. The monoisotopic (exact) mass is 212 g/mol. The average molecular weight is 213 g/mol. The summed E-state index contributed by atoms with van der Waals surface area (Å²) in [4.78, 5) is 8.55. The quantitative estimate of drug-likeness (QED) is 0.812. The van der Waals surface area contributed by atoms with Crippen LogP contribution >= 0.6 is 11.6 Å². The molecule has 1 aliphatic rings. The van der Waals surface area contributed by atoms with Crippen molar-refractivity contribution in [1.29, 1.82) is 0 Å². The molecule has 0 aromatic carbocycles. The fraction of sp³-hybridized carbons (Fsp3) is 0.556. The van der Waals surface area contributed by atoms with E-state index in [1.165, 1.54) is 0 Å². The van der Waals surface area contributed by atoms with Gasteiger partial charge >= 0.3 is 0 Å². The standard InChI is InChI=1S/C9H13ClN4/c1-6(2)14-5-7(10)13-9(14)8-11-3-4-12-8/h3,5-6,8,12H,4H2,1-2H3. The Balaban J connectivity index is 2.35. The highest BCUT2D eigenvalue weighted by molar-refractivity contribution is 6.29. The van der Waals surface area contributed by atoms with Crippen LogP contribution in [0, 0.1) is 0 Å². The molecule has 0 spiro atoms. The first-order chi connectivity index (χ1) is 6.68. The maximum absolute atomic E-state index is 5.88. The number of hydrogen-bond acceptors (Lipinski definition) is 3. The number of hydrogen-bond donors (Lipinski definition) is 1. The van der Waals surface area contributed by atoms with E-state index in [4.69, 9.17) is 11.6 Å². The fourth-order valence-electron chi connectivity index (χ4n) is 1.53. The van der Waals surface area contributed by atoms with E-state index in [2.05, 4.69) is 29.1 Å². The summed E-state index contributed by atoms with van der Waals surface area (Å²) < 4.78 is 2.04. The van der Waals surface area contributed by atoms with E-state index in [-0.39, 0.29) is 6.17 Å². The van der Waals surface area contributed by atoms with E-state index in [1.807, 2.05) is 17.0 Å². The van der Waals surface area contributed by atoms with E-state index < -0.39 is 0 Å². The minimum atomic E-state index is -0.0371. The predicted octanol–water partition coefficient (Wildman–Crippen LogP) is 1.79.